The molecule has 0 aliphatic rings. The van der Waals surface area contributed by atoms with Gasteiger partial charge in [0.05, 0.1) is 0 Å². The number of hydrogen-bond acceptors (Lipinski definition) is 0. The van der Waals surface area contributed by atoms with Crippen molar-refractivity contribution >= 4 is 29.5 Å². The second-order valence-electron chi connectivity index (χ2n) is 1.50. The van der Waals surface area contributed by atoms with Crippen LogP contribution in [0.1, 0.15) is 20.8 Å². The van der Waals surface area contributed by atoms with E-state index in [-0.39, 0.29) is 0 Å². The van der Waals surface area contributed by atoms with Crippen LogP contribution in [0.25, 0.3) is 0 Å². The minimum atomic E-state index is 1.42. The van der Waals surface area contributed by atoms with Gasteiger partial charge in [-0.25, -0.2) is 0 Å². The second kappa shape index (κ2) is 9.42. The molecule has 0 unspecified atom stereocenters. The van der Waals surface area contributed by atoms with Crippen molar-refractivity contribution in [1.82, 2.24) is 0 Å². The van der Waals surface area contributed by atoms with Crippen molar-refractivity contribution in [3.8, 4) is 0 Å². The van der Waals surface area contributed by atoms with Gasteiger partial charge in [-0.05, 0) is 5.92 Å². The monoisotopic (exact) mass is 143 g/mol. The molecule has 0 rings (SSSR count). The molecule has 0 heterocycles. The van der Waals surface area contributed by atoms with E-state index < -0.39 is 0 Å². The first-order valence-electron chi connectivity index (χ1n) is 1.88. The van der Waals surface area contributed by atoms with Gasteiger partial charge in [-0.3, -0.25) is 0 Å². The Morgan fingerprint density at radius 2 is 1.17 bits per heavy atom. The Morgan fingerprint density at radius 1 is 1.17 bits per heavy atom. The zero-order valence-electron chi connectivity index (χ0n) is 4.88. The summed E-state index contributed by atoms with van der Waals surface area (Å²) >= 11 is 4.75. The normalized spacial score (nSPS) is 7.17. The van der Waals surface area contributed by atoms with E-state index in [9.17, 15) is 0 Å². The second-order valence-corrected chi connectivity index (χ2v) is 1.50. The van der Waals surface area contributed by atoms with Crippen LogP contribution in [-0.4, -0.2) is 15.8 Å². The van der Waals surface area contributed by atoms with Crippen LogP contribution in [0.4, 0.5) is 0 Å². The first kappa shape index (κ1) is 10.1. The van der Waals surface area contributed by atoms with Crippen molar-refractivity contribution in [2.75, 3.05) is 0 Å². The van der Waals surface area contributed by atoms with Gasteiger partial charge >= 0.3 is 29.5 Å². The van der Waals surface area contributed by atoms with Crippen LogP contribution >= 0.6 is 13.7 Å². The predicted octanol–water partition coefficient (Wildman–Crippen LogP) is 2.09. The fourth-order valence-electron chi connectivity index (χ4n) is 0. The predicted molar refractivity (Wildman–Crippen MR) is 34.9 cm³/mol. The first-order valence-corrected chi connectivity index (χ1v) is 3.46. The first-order chi connectivity index (χ1) is 2.73. The number of hydrogen-bond donors (Lipinski definition) is 0. The van der Waals surface area contributed by atoms with Crippen LogP contribution in [0.2, 0.25) is 0 Å². The molecule has 0 N–H and O–H groups in total. The van der Waals surface area contributed by atoms with Crippen molar-refractivity contribution in [1.29, 1.82) is 0 Å². The molecule has 0 fully saturated rings. The quantitative estimate of drug-likeness (QED) is 0.456. The summed E-state index contributed by atoms with van der Waals surface area (Å²) in [5.41, 5.74) is 0. The summed E-state index contributed by atoms with van der Waals surface area (Å²) in [5, 5.41) is 0. The molecule has 0 aromatic rings. The van der Waals surface area contributed by atoms with Crippen LogP contribution in [0, 0.1) is 5.92 Å². The Balaban J connectivity index is 0. The third-order valence-electron chi connectivity index (χ3n) is 0. The molecule has 0 bridgehead atoms. The number of rotatable bonds is 0. The molecule has 0 atom stereocenters. The van der Waals surface area contributed by atoms with E-state index in [4.69, 9.17) is 0 Å². The van der Waals surface area contributed by atoms with E-state index in [1.54, 1.807) is 0 Å². The van der Waals surface area contributed by atoms with Gasteiger partial charge in [-0.2, -0.15) is 0 Å². The van der Waals surface area contributed by atoms with Crippen molar-refractivity contribution in [3.05, 3.63) is 5.92 Å². The van der Waals surface area contributed by atoms with Crippen LogP contribution in [-0.2, 0) is 0 Å². The van der Waals surface area contributed by atoms with E-state index in [1.165, 1.54) is 5.92 Å². The molecule has 0 saturated carbocycles. The fraction of sp³-hybridized carbons (Fsp3) is 0.750. The molecule has 2 heteroatoms. The van der Waals surface area contributed by atoms with Gasteiger partial charge in [0.2, 0.25) is 0 Å². The molecule has 33 valence electrons. The van der Waals surface area contributed by atoms with Crippen molar-refractivity contribution in [2.45, 2.75) is 20.8 Å². The van der Waals surface area contributed by atoms with Crippen molar-refractivity contribution in [3.63, 3.8) is 0 Å². The standard InChI is InChI=1S/C4H9.BrH.Li/c1-4(2)3;;/h1-3H3;1H;/q;;+1/p-1. The Hall–Kier alpha value is 1.08. The van der Waals surface area contributed by atoms with E-state index >= 15 is 0 Å². The summed E-state index contributed by atoms with van der Waals surface area (Å²) in [6.45, 7) is 6.25. The van der Waals surface area contributed by atoms with Gasteiger partial charge in [0.25, 0.3) is 0 Å². The Labute approximate surface area is 56.3 Å². The SMILES string of the molecule is C[C](C)C.[Li][Br]. The molecule has 0 spiro atoms. The summed E-state index contributed by atoms with van der Waals surface area (Å²) in [5.74, 6) is 1.42. The summed E-state index contributed by atoms with van der Waals surface area (Å²) in [4.78, 5) is 0. The molecule has 0 aromatic carbocycles. The topological polar surface area (TPSA) is 0 Å². The fourth-order valence-corrected chi connectivity index (χ4v) is 0. The summed E-state index contributed by atoms with van der Waals surface area (Å²) in [7, 11) is 0. The molecule has 0 aliphatic heterocycles. The average molecular weight is 144 g/mol. The molecule has 0 aromatic heterocycles. The number of halogens is 1. The van der Waals surface area contributed by atoms with Crippen LogP contribution in [0.5, 0.6) is 0 Å². The Kier molecular flexibility index (Phi) is 15.9. The van der Waals surface area contributed by atoms with E-state index in [0.717, 1.165) is 0 Å². The minimum absolute atomic E-state index is 1.42. The Bertz CT molecular complexity index is 12.3. The van der Waals surface area contributed by atoms with Gasteiger partial charge < -0.3 is 0 Å². The average Bonchev–Trinajstić information content (AvgIpc) is 1.41. The zero-order chi connectivity index (χ0) is 5.58. The van der Waals surface area contributed by atoms with Crippen molar-refractivity contribution < 1.29 is 0 Å². The van der Waals surface area contributed by atoms with E-state index in [0.29, 0.717) is 0 Å². The van der Waals surface area contributed by atoms with E-state index in [2.05, 4.69) is 34.5 Å². The zero-order valence-corrected chi connectivity index (χ0v) is 6.46. The van der Waals surface area contributed by atoms with Crippen LogP contribution in [0.15, 0.2) is 0 Å². The van der Waals surface area contributed by atoms with Crippen molar-refractivity contribution in [2.24, 2.45) is 0 Å². The van der Waals surface area contributed by atoms with Gasteiger partial charge in [-0.1, -0.05) is 20.8 Å². The van der Waals surface area contributed by atoms with Crippen LogP contribution in [0.3, 0.4) is 0 Å². The molecule has 0 aliphatic carbocycles. The van der Waals surface area contributed by atoms with Gasteiger partial charge in [0, 0.05) is 0 Å². The summed E-state index contributed by atoms with van der Waals surface area (Å²) in [6, 6.07) is 0. The van der Waals surface area contributed by atoms with Gasteiger partial charge in [0.15, 0.2) is 0 Å². The van der Waals surface area contributed by atoms with Crippen LogP contribution < -0.4 is 0 Å². The van der Waals surface area contributed by atoms with Gasteiger partial charge in [0.1, 0.15) is 0 Å². The maximum atomic E-state index is 2.94. The third kappa shape index (κ3) is 72.7. The molecular formula is C4H9BrLi. The maximum absolute atomic E-state index is 2.94. The third-order valence-corrected chi connectivity index (χ3v) is 0. The molecule has 0 amide bonds. The molecule has 1 radical (unpaired) electrons. The molecule has 0 saturated heterocycles. The summed E-state index contributed by atoms with van der Waals surface area (Å²) in [6.07, 6.45) is 0. The molecular weight excluding hydrogens is 135 g/mol. The van der Waals surface area contributed by atoms with E-state index in [1.807, 2.05) is 15.8 Å². The molecule has 6 heavy (non-hydrogen) atoms. The van der Waals surface area contributed by atoms with Gasteiger partial charge in [-0.15, -0.1) is 0 Å². The molecule has 0 nitrogen and oxygen atoms in total. The summed E-state index contributed by atoms with van der Waals surface area (Å²) < 4.78 is 0. The Morgan fingerprint density at radius 3 is 1.17 bits per heavy atom.